The average molecular weight is 340 g/mol. The number of benzene rings is 1. The van der Waals surface area contributed by atoms with E-state index in [4.69, 9.17) is 0 Å². The van der Waals surface area contributed by atoms with Crippen molar-refractivity contribution in [2.45, 2.75) is 19.9 Å². The Kier molecular flexibility index (Phi) is 6.29. The van der Waals surface area contributed by atoms with Crippen LogP contribution in [0.15, 0.2) is 18.2 Å². The summed E-state index contributed by atoms with van der Waals surface area (Å²) >= 11 is 0. The van der Waals surface area contributed by atoms with E-state index in [-0.39, 0.29) is 18.3 Å². The van der Waals surface area contributed by atoms with Crippen molar-refractivity contribution >= 4 is 30.1 Å². The van der Waals surface area contributed by atoms with Crippen LogP contribution in [-0.2, 0) is 4.79 Å². The second-order valence-corrected chi connectivity index (χ2v) is 5.57. The maximum atomic E-state index is 12.5. The molecule has 0 saturated carbocycles. The predicted octanol–water partition coefficient (Wildman–Crippen LogP) is 1.08. The number of imide groups is 1. The molecule has 3 amide bonds. The molecular formula is C16H22ClN3O3. The summed E-state index contributed by atoms with van der Waals surface area (Å²) in [5, 5.41) is 2.96. The Morgan fingerprint density at radius 2 is 1.87 bits per heavy atom. The van der Waals surface area contributed by atoms with Gasteiger partial charge in [-0.3, -0.25) is 19.3 Å². The number of rotatable bonds is 5. The predicted molar refractivity (Wildman–Crippen MR) is 90.0 cm³/mol. The minimum atomic E-state index is -0.811. The number of amides is 3. The van der Waals surface area contributed by atoms with Crippen LogP contribution >= 0.6 is 12.4 Å². The van der Waals surface area contributed by atoms with Gasteiger partial charge in [-0.1, -0.05) is 11.6 Å². The van der Waals surface area contributed by atoms with Crippen LogP contribution in [0.5, 0.6) is 0 Å². The Labute approximate surface area is 142 Å². The first-order valence-electron chi connectivity index (χ1n) is 7.26. The Hall–Kier alpha value is -1.92. The topological polar surface area (TPSA) is 69.7 Å². The molecule has 126 valence electrons. The quantitative estimate of drug-likeness (QED) is 0.815. The fraction of sp³-hybridized carbons (Fsp3) is 0.438. The van der Waals surface area contributed by atoms with Gasteiger partial charge >= 0.3 is 0 Å². The van der Waals surface area contributed by atoms with Crippen molar-refractivity contribution in [3.05, 3.63) is 34.9 Å². The van der Waals surface area contributed by atoms with E-state index < -0.39 is 17.9 Å². The van der Waals surface area contributed by atoms with Crippen LogP contribution in [-0.4, -0.2) is 60.7 Å². The number of nitrogens with one attached hydrogen (secondary N) is 1. The number of carbonyl (C=O) groups is 3. The molecule has 1 N–H and O–H groups in total. The highest BCUT2D eigenvalue weighted by atomic mass is 35.5. The molecule has 1 unspecified atom stereocenters. The number of nitrogens with zero attached hydrogens (tertiary/aromatic N) is 2. The summed E-state index contributed by atoms with van der Waals surface area (Å²) in [6, 6.07) is 4.32. The fourth-order valence-corrected chi connectivity index (χ4v) is 2.54. The third-order valence-electron chi connectivity index (χ3n) is 3.89. The summed E-state index contributed by atoms with van der Waals surface area (Å²) in [5.74, 6) is -1.05. The number of carbonyl (C=O) groups excluding carboxylic acids is 3. The molecule has 1 atom stereocenters. The van der Waals surface area contributed by atoms with E-state index in [1.807, 2.05) is 6.92 Å². The van der Waals surface area contributed by atoms with Crippen molar-refractivity contribution in [1.29, 1.82) is 0 Å². The van der Waals surface area contributed by atoms with Gasteiger partial charge in [0.25, 0.3) is 11.8 Å². The zero-order valence-electron chi connectivity index (χ0n) is 13.8. The first-order valence-corrected chi connectivity index (χ1v) is 7.26. The van der Waals surface area contributed by atoms with Gasteiger partial charge in [-0.25, -0.2) is 0 Å². The molecule has 7 heteroatoms. The number of aryl methyl sites for hydroxylation is 1. The minimum absolute atomic E-state index is 0. The summed E-state index contributed by atoms with van der Waals surface area (Å²) < 4.78 is 0. The van der Waals surface area contributed by atoms with E-state index >= 15 is 0 Å². The van der Waals surface area contributed by atoms with Crippen molar-refractivity contribution < 1.29 is 14.4 Å². The van der Waals surface area contributed by atoms with E-state index in [1.54, 1.807) is 39.2 Å². The molecule has 0 aliphatic carbocycles. The van der Waals surface area contributed by atoms with E-state index in [2.05, 4.69) is 5.32 Å². The first-order chi connectivity index (χ1) is 10.4. The first kappa shape index (κ1) is 19.1. The fourth-order valence-electron chi connectivity index (χ4n) is 2.54. The molecule has 0 spiro atoms. The van der Waals surface area contributed by atoms with Crippen LogP contribution in [0.4, 0.5) is 0 Å². The molecule has 1 aliphatic rings. The summed E-state index contributed by atoms with van der Waals surface area (Å²) in [5.41, 5.74) is 1.66. The van der Waals surface area contributed by atoms with Crippen LogP contribution in [0.2, 0.25) is 0 Å². The van der Waals surface area contributed by atoms with Gasteiger partial charge in [0.15, 0.2) is 0 Å². The van der Waals surface area contributed by atoms with Gasteiger partial charge in [-0.05, 0) is 33.0 Å². The Bertz CT molecular complexity index is 633. The van der Waals surface area contributed by atoms with Crippen LogP contribution in [0, 0.1) is 6.92 Å². The van der Waals surface area contributed by atoms with E-state index in [1.165, 1.54) is 4.90 Å². The largest absolute Gasteiger partial charge is 0.343 e. The molecular weight excluding hydrogens is 318 g/mol. The van der Waals surface area contributed by atoms with Crippen LogP contribution in [0.25, 0.3) is 0 Å². The van der Waals surface area contributed by atoms with Crippen molar-refractivity contribution in [2.75, 3.05) is 27.2 Å². The number of halogens is 1. The lowest BCUT2D eigenvalue weighted by Gasteiger charge is -2.26. The Balaban J connectivity index is 0.00000264. The molecule has 0 aromatic heterocycles. The summed E-state index contributed by atoms with van der Waals surface area (Å²) in [4.78, 5) is 39.9. The third kappa shape index (κ3) is 3.54. The molecule has 0 fully saturated rings. The average Bonchev–Trinajstić information content (AvgIpc) is 2.74. The van der Waals surface area contributed by atoms with Crippen molar-refractivity contribution in [3.63, 3.8) is 0 Å². The molecule has 0 radical (unpaired) electrons. The molecule has 1 aromatic rings. The highest BCUT2D eigenvalue weighted by Gasteiger charge is 2.41. The molecule has 6 nitrogen and oxygen atoms in total. The maximum Gasteiger partial charge on any atom is 0.262 e. The van der Waals surface area contributed by atoms with Gasteiger partial charge in [0.05, 0.1) is 11.1 Å². The third-order valence-corrected chi connectivity index (χ3v) is 3.89. The number of hydrogen-bond donors (Lipinski definition) is 1. The number of hydrogen-bond acceptors (Lipinski definition) is 4. The summed E-state index contributed by atoms with van der Waals surface area (Å²) in [6.07, 6.45) is 0. The lowest BCUT2D eigenvalue weighted by molar-refractivity contribution is -0.133. The molecule has 0 bridgehead atoms. The van der Waals surface area contributed by atoms with Gasteiger partial charge in [0, 0.05) is 20.1 Å². The van der Waals surface area contributed by atoms with E-state index in [0.717, 1.165) is 10.5 Å². The standard InChI is InChI=1S/C16H21N3O3.ClH/c1-10-5-6-12-13(9-10)16(22)19(15(12)21)11(2)14(20)18(4)8-7-17-3;/h5-6,9,11,17H,7-8H2,1-4H3;1H. The van der Waals surface area contributed by atoms with Crippen molar-refractivity contribution in [3.8, 4) is 0 Å². The van der Waals surface area contributed by atoms with E-state index in [9.17, 15) is 14.4 Å². The SMILES string of the molecule is CNCCN(C)C(=O)C(C)N1C(=O)c2ccc(C)cc2C1=O.Cl. The van der Waals surface area contributed by atoms with Crippen molar-refractivity contribution in [2.24, 2.45) is 0 Å². The second-order valence-electron chi connectivity index (χ2n) is 5.57. The summed E-state index contributed by atoms with van der Waals surface area (Å²) in [7, 11) is 3.47. The smallest absolute Gasteiger partial charge is 0.262 e. The molecule has 1 heterocycles. The molecule has 1 aliphatic heterocycles. The minimum Gasteiger partial charge on any atom is -0.343 e. The molecule has 1 aromatic carbocycles. The van der Waals surface area contributed by atoms with E-state index in [0.29, 0.717) is 24.2 Å². The normalized spacial score (nSPS) is 14.3. The monoisotopic (exact) mass is 339 g/mol. The van der Waals surface area contributed by atoms with Gasteiger partial charge in [0.2, 0.25) is 5.91 Å². The number of fused-ring (bicyclic) bond motifs is 1. The highest BCUT2D eigenvalue weighted by Crippen LogP contribution is 2.26. The molecule has 23 heavy (non-hydrogen) atoms. The lowest BCUT2D eigenvalue weighted by Crippen LogP contribution is -2.49. The highest BCUT2D eigenvalue weighted by molar-refractivity contribution is 6.22. The number of likely N-dealkylation sites (N-methyl/N-ethyl adjacent to an activating group) is 2. The van der Waals surface area contributed by atoms with Gasteiger partial charge in [0.1, 0.15) is 6.04 Å². The Morgan fingerprint density at radius 1 is 1.26 bits per heavy atom. The van der Waals surface area contributed by atoms with Gasteiger partial charge < -0.3 is 10.2 Å². The van der Waals surface area contributed by atoms with Crippen LogP contribution in [0.1, 0.15) is 33.2 Å². The van der Waals surface area contributed by atoms with Crippen LogP contribution in [0.3, 0.4) is 0 Å². The molecule has 2 rings (SSSR count). The zero-order chi connectivity index (χ0) is 16.4. The van der Waals surface area contributed by atoms with Crippen LogP contribution < -0.4 is 5.32 Å². The Morgan fingerprint density at radius 3 is 2.48 bits per heavy atom. The summed E-state index contributed by atoms with van der Waals surface area (Å²) in [6.45, 7) is 4.62. The second kappa shape index (κ2) is 7.57. The van der Waals surface area contributed by atoms with Gasteiger partial charge in [-0.15, -0.1) is 12.4 Å². The lowest BCUT2D eigenvalue weighted by atomic mass is 10.1. The van der Waals surface area contributed by atoms with Crippen molar-refractivity contribution in [1.82, 2.24) is 15.1 Å². The zero-order valence-corrected chi connectivity index (χ0v) is 14.6. The maximum absolute atomic E-state index is 12.5. The molecule has 0 saturated heterocycles. The van der Waals surface area contributed by atoms with Gasteiger partial charge in [-0.2, -0.15) is 0 Å².